The molecule has 1 aromatic carbocycles. The molecule has 0 bridgehead atoms. The number of pyridine rings is 1. The number of nitrogens with one attached hydrogen (secondary N) is 1. The number of benzene rings is 1. The zero-order valence-electron chi connectivity index (χ0n) is 12.1. The Kier molecular flexibility index (Phi) is 3.50. The number of nitrogens with zero attached hydrogens (tertiary/aromatic N) is 1. The first kappa shape index (κ1) is 13.6. The molecule has 1 aliphatic heterocycles. The van der Waals surface area contributed by atoms with Gasteiger partial charge in [0.05, 0.1) is 0 Å². The van der Waals surface area contributed by atoms with E-state index in [-0.39, 0.29) is 0 Å². The number of aryl methyl sites for hydroxylation is 1. The Labute approximate surface area is 124 Å². The van der Waals surface area contributed by atoms with E-state index in [1.807, 2.05) is 19.2 Å². The van der Waals surface area contributed by atoms with Gasteiger partial charge in [-0.3, -0.25) is 4.98 Å². The van der Waals surface area contributed by atoms with Crippen LogP contribution in [-0.2, 0) is 0 Å². The third-order valence-electron chi connectivity index (χ3n) is 4.02. The highest BCUT2D eigenvalue weighted by molar-refractivity contribution is 8.00. The van der Waals surface area contributed by atoms with Crippen LogP contribution >= 0.6 is 11.8 Å². The van der Waals surface area contributed by atoms with Crippen LogP contribution in [0.3, 0.4) is 0 Å². The molecule has 0 spiro atoms. The molecule has 0 aliphatic carbocycles. The van der Waals surface area contributed by atoms with Crippen molar-refractivity contribution in [3.63, 3.8) is 0 Å². The summed E-state index contributed by atoms with van der Waals surface area (Å²) >= 11 is 2.08. The van der Waals surface area contributed by atoms with Crippen molar-refractivity contribution in [3.05, 3.63) is 30.1 Å². The first-order chi connectivity index (χ1) is 9.57. The Morgan fingerprint density at radius 1 is 1.40 bits per heavy atom. The molecule has 3 N–H and O–H groups in total. The molecule has 1 aliphatic rings. The van der Waals surface area contributed by atoms with E-state index in [0.29, 0.717) is 4.75 Å². The molecule has 1 aromatic heterocycles. The van der Waals surface area contributed by atoms with Gasteiger partial charge in [0.2, 0.25) is 0 Å². The normalized spacial score (nSPS) is 22.3. The number of hydrogen-bond acceptors (Lipinski definition) is 4. The highest BCUT2D eigenvalue weighted by Gasteiger charge is 2.29. The number of aromatic nitrogens is 1. The quantitative estimate of drug-likeness (QED) is 0.843. The van der Waals surface area contributed by atoms with E-state index in [4.69, 9.17) is 5.73 Å². The summed E-state index contributed by atoms with van der Waals surface area (Å²) in [5.74, 6) is 1.28. The fraction of sp³-hybridized carbons (Fsp3) is 0.438. The molecule has 1 atom stereocenters. The van der Waals surface area contributed by atoms with Crippen molar-refractivity contribution >= 4 is 33.9 Å². The topological polar surface area (TPSA) is 50.9 Å². The first-order valence-electron chi connectivity index (χ1n) is 7.10. The Balaban J connectivity index is 1.91. The van der Waals surface area contributed by atoms with Crippen LogP contribution in [0, 0.1) is 6.92 Å². The number of nitrogens with two attached hydrogens (primary N) is 1. The minimum atomic E-state index is 0.357. The van der Waals surface area contributed by atoms with Crippen LogP contribution in [0.2, 0.25) is 0 Å². The molecule has 1 saturated heterocycles. The minimum absolute atomic E-state index is 0.357. The Bertz CT molecular complexity index is 633. The third-order valence-corrected chi connectivity index (χ3v) is 5.56. The average Bonchev–Trinajstić information content (AvgIpc) is 2.85. The summed E-state index contributed by atoms with van der Waals surface area (Å²) in [5, 5.41) is 5.82. The Morgan fingerprint density at radius 2 is 2.25 bits per heavy atom. The van der Waals surface area contributed by atoms with Gasteiger partial charge in [0, 0.05) is 45.3 Å². The highest BCUT2D eigenvalue weighted by Crippen LogP contribution is 2.38. The summed E-state index contributed by atoms with van der Waals surface area (Å²) < 4.78 is 0.357. The van der Waals surface area contributed by atoms with Gasteiger partial charge in [0.15, 0.2) is 0 Å². The van der Waals surface area contributed by atoms with Gasteiger partial charge in [-0.05, 0) is 50.6 Å². The lowest BCUT2D eigenvalue weighted by Gasteiger charge is -2.24. The summed E-state index contributed by atoms with van der Waals surface area (Å²) in [6.45, 7) is 5.36. The van der Waals surface area contributed by atoms with Gasteiger partial charge in [0.25, 0.3) is 0 Å². The fourth-order valence-electron chi connectivity index (χ4n) is 2.78. The van der Waals surface area contributed by atoms with E-state index < -0.39 is 0 Å². The van der Waals surface area contributed by atoms with Crippen molar-refractivity contribution in [2.75, 3.05) is 23.3 Å². The molecule has 3 nitrogen and oxygen atoms in total. The molecule has 106 valence electrons. The highest BCUT2D eigenvalue weighted by atomic mass is 32.2. The molecular formula is C16H21N3S. The van der Waals surface area contributed by atoms with Gasteiger partial charge in [-0.2, -0.15) is 11.8 Å². The van der Waals surface area contributed by atoms with Crippen molar-refractivity contribution in [2.24, 2.45) is 0 Å². The number of thioether (sulfide) groups is 1. The van der Waals surface area contributed by atoms with E-state index in [0.717, 1.165) is 29.0 Å². The van der Waals surface area contributed by atoms with Crippen molar-refractivity contribution in [1.82, 2.24) is 4.98 Å². The maximum absolute atomic E-state index is 6.05. The van der Waals surface area contributed by atoms with E-state index in [1.165, 1.54) is 24.0 Å². The number of rotatable bonds is 3. The van der Waals surface area contributed by atoms with Crippen LogP contribution < -0.4 is 11.1 Å². The zero-order valence-corrected chi connectivity index (χ0v) is 12.9. The van der Waals surface area contributed by atoms with E-state index >= 15 is 0 Å². The third kappa shape index (κ3) is 2.57. The van der Waals surface area contributed by atoms with Crippen LogP contribution in [0.5, 0.6) is 0 Å². The number of fused-ring (bicyclic) bond motifs is 1. The maximum Gasteiger partial charge on any atom is 0.0423 e. The van der Waals surface area contributed by atoms with Crippen molar-refractivity contribution in [2.45, 2.75) is 31.4 Å². The second kappa shape index (κ2) is 5.17. The Morgan fingerprint density at radius 3 is 3.00 bits per heavy atom. The van der Waals surface area contributed by atoms with Gasteiger partial charge in [0.1, 0.15) is 0 Å². The number of hydrogen-bond donors (Lipinski definition) is 2. The van der Waals surface area contributed by atoms with Crippen molar-refractivity contribution in [1.29, 1.82) is 0 Å². The molecule has 2 heterocycles. The van der Waals surface area contributed by atoms with Crippen molar-refractivity contribution < 1.29 is 0 Å². The second-order valence-corrected chi connectivity index (χ2v) is 7.51. The number of nitrogen functional groups attached to an aromatic ring is 1. The van der Waals surface area contributed by atoms with Crippen LogP contribution in [0.1, 0.15) is 25.5 Å². The molecule has 1 unspecified atom stereocenters. The lowest BCUT2D eigenvalue weighted by Crippen LogP contribution is -2.27. The molecule has 3 rings (SSSR count). The van der Waals surface area contributed by atoms with E-state index in [2.05, 4.69) is 41.1 Å². The first-order valence-corrected chi connectivity index (χ1v) is 8.09. The van der Waals surface area contributed by atoms with E-state index in [9.17, 15) is 0 Å². The fourth-order valence-corrected chi connectivity index (χ4v) is 4.02. The molecule has 0 radical (unpaired) electrons. The smallest absolute Gasteiger partial charge is 0.0423 e. The number of anilines is 2. The minimum Gasteiger partial charge on any atom is -0.398 e. The van der Waals surface area contributed by atoms with Gasteiger partial charge in [-0.25, -0.2) is 0 Å². The molecule has 0 saturated carbocycles. The second-order valence-electron chi connectivity index (χ2n) is 5.83. The van der Waals surface area contributed by atoms with Crippen LogP contribution in [0.15, 0.2) is 24.4 Å². The van der Waals surface area contributed by atoms with Crippen LogP contribution in [-0.4, -0.2) is 22.0 Å². The van der Waals surface area contributed by atoms with Gasteiger partial charge < -0.3 is 11.1 Å². The summed E-state index contributed by atoms with van der Waals surface area (Å²) in [6, 6.07) is 6.16. The zero-order chi connectivity index (χ0) is 14.2. The van der Waals surface area contributed by atoms with Crippen LogP contribution in [0.4, 0.5) is 11.4 Å². The standard InChI is InChI=1S/C16H21N3S/c1-11-8-12-13(9-18-11)14(17)4-5-15(12)19-10-16(2)6-3-7-20-16/h4-5,8-9,19H,3,6-7,10,17H2,1-2H3. The summed E-state index contributed by atoms with van der Waals surface area (Å²) in [4.78, 5) is 4.35. The predicted molar refractivity (Wildman–Crippen MR) is 89.5 cm³/mol. The van der Waals surface area contributed by atoms with Crippen LogP contribution in [0.25, 0.3) is 10.8 Å². The monoisotopic (exact) mass is 287 g/mol. The van der Waals surface area contributed by atoms with Gasteiger partial charge in [-0.1, -0.05) is 0 Å². The molecular weight excluding hydrogens is 266 g/mol. The molecule has 1 fully saturated rings. The SMILES string of the molecule is Cc1cc2c(NCC3(C)CCCS3)ccc(N)c2cn1. The molecule has 0 amide bonds. The maximum atomic E-state index is 6.05. The molecule has 2 aromatic rings. The summed E-state index contributed by atoms with van der Waals surface area (Å²) in [7, 11) is 0. The largest absolute Gasteiger partial charge is 0.398 e. The van der Waals surface area contributed by atoms with Gasteiger partial charge >= 0.3 is 0 Å². The van der Waals surface area contributed by atoms with E-state index in [1.54, 1.807) is 0 Å². The lowest BCUT2D eigenvalue weighted by atomic mass is 10.0. The van der Waals surface area contributed by atoms with Crippen molar-refractivity contribution in [3.8, 4) is 0 Å². The summed E-state index contributed by atoms with van der Waals surface area (Å²) in [6.07, 6.45) is 4.49. The predicted octanol–water partition coefficient (Wildman–Crippen LogP) is 3.82. The Hall–Kier alpha value is -1.42. The van der Waals surface area contributed by atoms with Gasteiger partial charge in [-0.15, -0.1) is 0 Å². The molecule has 20 heavy (non-hydrogen) atoms. The summed E-state index contributed by atoms with van der Waals surface area (Å²) in [5.41, 5.74) is 9.02. The molecule has 4 heteroatoms. The average molecular weight is 287 g/mol. The lowest BCUT2D eigenvalue weighted by molar-refractivity contribution is 0.635.